The minimum atomic E-state index is -4.51. The van der Waals surface area contributed by atoms with Gasteiger partial charge in [0.1, 0.15) is 5.75 Å². The summed E-state index contributed by atoms with van der Waals surface area (Å²) in [6, 6.07) is 10.4. The second kappa shape index (κ2) is 8.86. The Morgan fingerprint density at radius 2 is 1.75 bits per heavy atom. The van der Waals surface area contributed by atoms with Gasteiger partial charge in [0.2, 0.25) is 0 Å². The number of alkyl halides is 3. The molecule has 1 N–H and O–H groups in total. The van der Waals surface area contributed by atoms with Crippen LogP contribution in [-0.4, -0.2) is 12.5 Å². The lowest BCUT2D eigenvalue weighted by Crippen LogP contribution is -2.20. The summed E-state index contributed by atoms with van der Waals surface area (Å²) in [5.41, 5.74) is 0.288. The van der Waals surface area contributed by atoms with E-state index in [4.69, 9.17) is 16.3 Å². The molecule has 1 fully saturated rings. The number of ether oxygens (including phenoxy) is 1. The SMILES string of the molecule is O=C(COc1ccc(C2CCCCC2)cc1)Nc1cc(C(F)(F)F)ccc1Cl. The lowest BCUT2D eigenvalue weighted by Gasteiger charge is -2.22. The van der Waals surface area contributed by atoms with E-state index in [-0.39, 0.29) is 17.3 Å². The molecule has 150 valence electrons. The summed E-state index contributed by atoms with van der Waals surface area (Å²) in [6.07, 6.45) is 1.67. The fraction of sp³-hybridized carbons (Fsp3) is 0.381. The molecule has 0 aromatic heterocycles. The predicted molar refractivity (Wildman–Crippen MR) is 103 cm³/mol. The lowest BCUT2D eigenvalue weighted by atomic mass is 9.84. The highest BCUT2D eigenvalue weighted by molar-refractivity contribution is 6.33. The van der Waals surface area contributed by atoms with E-state index in [1.54, 1.807) is 0 Å². The fourth-order valence-corrected chi connectivity index (χ4v) is 3.57. The van der Waals surface area contributed by atoms with Gasteiger partial charge in [0.05, 0.1) is 16.3 Å². The molecule has 7 heteroatoms. The molecule has 0 bridgehead atoms. The molecule has 2 aromatic carbocycles. The minimum Gasteiger partial charge on any atom is -0.484 e. The molecule has 1 saturated carbocycles. The van der Waals surface area contributed by atoms with Gasteiger partial charge in [0.25, 0.3) is 5.91 Å². The van der Waals surface area contributed by atoms with Crippen molar-refractivity contribution >= 4 is 23.2 Å². The van der Waals surface area contributed by atoms with Gasteiger partial charge in [-0.2, -0.15) is 13.2 Å². The summed E-state index contributed by atoms with van der Waals surface area (Å²) >= 11 is 5.88. The minimum absolute atomic E-state index is 0.0261. The van der Waals surface area contributed by atoms with Crippen LogP contribution in [-0.2, 0) is 11.0 Å². The second-order valence-corrected chi connectivity index (χ2v) is 7.34. The summed E-state index contributed by atoms with van der Waals surface area (Å²) in [6.45, 7) is -0.324. The maximum atomic E-state index is 12.8. The van der Waals surface area contributed by atoms with Crippen molar-refractivity contribution in [3.05, 3.63) is 58.6 Å². The number of nitrogens with one attached hydrogen (secondary N) is 1. The van der Waals surface area contributed by atoms with Crippen molar-refractivity contribution in [2.75, 3.05) is 11.9 Å². The molecule has 0 aliphatic heterocycles. The van der Waals surface area contributed by atoms with Crippen LogP contribution < -0.4 is 10.1 Å². The Hall–Kier alpha value is -2.21. The lowest BCUT2D eigenvalue weighted by molar-refractivity contribution is -0.137. The Balaban J connectivity index is 1.56. The second-order valence-electron chi connectivity index (χ2n) is 6.93. The molecule has 28 heavy (non-hydrogen) atoms. The molecular formula is C21H21ClF3NO2. The summed E-state index contributed by atoms with van der Waals surface area (Å²) in [7, 11) is 0. The van der Waals surface area contributed by atoms with Crippen LogP contribution in [0.1, 0.15) is 49.1 Å². The summed E-state index contributed by atoms with van der Waals surface area (Å²) in [5, 5.41) is 2.39. The highest BCUT2D eigenvalue weighted by atomic mass is 35.5. The van der Waals surface area contributed by atoms with Gasteiger partial charge in [-0.15, -0.1) is 0 Å². The van der Waals surface area contributed by atoms with E-state index in [1.807, 2.05) is 24.3 Å². The number of anilines is 1. The third-order valence-electron chi connectivity index (χ3n) is 4.89. The normalized spacial score (nSPS) is 15.3. The number of carbonyl (C=O) groups excluding carboxylic acids is 1. The van der Waals surface area contributed by atoms with Crippen LogP contribution >= 0.6 is 11.6 Å². The Bertz CT molecular complexity index is 815. The average molecular weight is 412 g/mol. The first-order valence-corrected chi connectivity index (χ1v) is 9.60. The Labute approximate surface area is 166 Å². The number of hydrogen-bond acceptors (Lipinski definition) is 2. The molecule has 0 saturated heterocycles. The molecule has 1 amide bonds. The average Bonchev–Trinajstić information content (AvgIpc) is 2.68. The zero-order valence-corrected chi connectivity index (χ0v) is 15.9. The molecule has 0 unspecified atom stereocenters. The van der Waals surface area contributed by atoms with E-state index in [0.29, 0.717) is 11.7 Å². The van der Waals surface area contributed by atoms with Crippen LogP contribution in [0.3, 0.4) is 0 Å². The molecule has 1 aliphatic carbocycles. The van der Waals surface area contributed by atoms with Crippen molar-refractivity contribution in [2.45, 2.75) is 44.2 Å². The molecule has 1 aliphatic rings. The fourth-order valence-electron chi connectivity index (χ4n) is 3.40. The Morgan fingerprint density at radius 1 is 1.07 bits per heavy atom. The number of halogens is 4. The topological polar surface area (TPSA) is 38.3 Å². The summed E-state index contributed by atoms with van der Waals surface area (Å²) < 4.78 is 43.8. The number of carbonyl (C=O) groups is 1. The van der Waals surface area contributed by atoms with Crippen molar-refractivity contribution < 1.29 is 22.7 Å². The quantitative estimate of drug-likeness (QED) is 0.616. The number of benzene rings is 2. The third-order valence-corrected chi connectivity index (χ3v) is 5.22. The first-order chi connectivity index (χ1) is 13.3. The monoisotopic (exact) mass is 411 g/mol. The maximum absolute atomic E-state index is 12.8. The van der Waals surface area contributed by atoms with Crippen molar-refractivity contribution in [3.8, 4) is 5.75 Å². The zero-order valence-electron chi connectivity index (χ0n) is 15.2. The highest BCUT2D eigenvalue weighted by Crippen LogP contribution is 2.34. The summed E-state index contributed by atoms with van der Waals surface area (Å²) in [4.78, 5) is 12.0. The van der Waals surface area contributed by atoms with Gasteiger partial charge in [-0.25, -0.2) is 0 Å². The van der Waals surface area contributed by atoms with Gasteiger partial charge in [-0.05, 0) is 54.7 Å². The van der Waals surface area contributed by atoms with Gasteiger partial charge in [-0.1, -0.05) is 43.0 Å². The highest BCUT2D eigenvalue weighted by Gasteiger charge is 2.31. The largest absolute Gasteiger partial charge is 0.484 e. The number of rotatable bonds is 5. The van der Waals surface area contributed by atoms with E-state index in [9.17, 15) is 18.0 Å². The zero-order chi connectivity index (χ0) is 20.1. The first-order valence-electron chi connectivity index (χ1n) is 9.22. The molecule has 0 spiro atoms. The third kappa shape index (κ3) is 5.41. The van der Waals surface area contributed by atoms with E-state index < -0.39 is 17.6 Å². The predicted octanol–water partition coefficient (Wildman–Crippen LogP) is 6.42. The van der Waals surface area contributed by atoms with Crippen molar-refractivity contribution in [2.24, 2.45) is 0 Å². The molecule has 2 aromatic rings. The van der Waals surface area contributed by atoms with Crippen LogP contribution in [0.15, 0.2) is 42.5 Å². The van der Waals surface area contributed by atoms with Gasteiger partial charge in [-0.3, -0.25) is 4.79 Å². The van der Waals surface area contributed by atoms with Crippen LogP contribution in [0.25, 0.3) is 0 Å². The standard InChI is InChI=1S/C21H21ClF3NO2/c22-18-11-8-16(21(23,24)25)12-19(18)26-20(27)13-28-17-9-6-15(7-10-17)14-4-2-1-3-5-14/h6-12,14H,1-5,13H2,(H,26,27). The Morgan fingerprint density at radius 3 is 2.39 bits per heavy atom. The van der Waals surface area contributed by atoms with Gasteiger partial charge in [0, 0.05) is 0 Å². The first kappa shape index (κ1) is 20.5. The molecule has 0 radical (unpaired) electrons. The van der Waals surface area contributed by atoms with E-state index in [2.05, 4.69) is 5.32 Å². The smallest absolute Gasteiger partial charge is 0.416 e. The molecule has 0 atom stereocenters. The van der Waals surface area contributed by atoms with E-state index in [0.717, 1.165) is 18.2 Å². The molecule has 3 rings (SSSR count). The number of hydrogen-bond donors (Lipinski definition) is 1. The maximum Gasteiger partial charge on any atom is 0.416 e. The molecule has 3 nitrogen and oxygen atoms in total. The molecular weight excluding hydrogens is 391 g/mol. The summed E-state index contributed by atoms with van der Waals surface area (Å²) in [5.74, 6) is 0.525. The van der Waals surface area contributed by atoms with Gasteiger partial charge < -0.3 is 10.1 Å². The van der Waals surface area contributed by atoms with Crippen LogP contribution in [0.4, 0.5) is 18.9 Å². The van der Waals surface area contributed by atoms with E-state index >= 15 is 0 Å². The van der Waals surface area contributed by atoms with Crippen molar-refractivity contribution in [1.29, 1.82) is 0 Å². The molecule has 0 heterocycles. The van der Waals surface area contributed by atoms with E-state index in [1.165, 1.54) is 37.7 Å². The van der Waals surface area contributed by atoms with Crippen LogP contribution in [0.5, 0.6) is 5.75 Å². The van der Waals surface area contributed by atoms with Crippen molar-refractivity contribution in [1.82, 2.24) is 0 Å². The number of amides is 1. The van der Waals surface area contributed by atoms with Gasteiger partial charge >= 0.3 is 6.18 Å². The van der Waals surface area contributed by atoms with Crippen LogP contribution in [0.2, 0.25) is 5.02 Å². The Kier molecular flexibility index (Phi) is 6.50. The van der Waals surface area contributed by atoms with Gasteiger partial charge in [0.15, 0.2) is 6.61 Å². The van der Waals surface area contributed by atoms with Crippen LogP contribution in [0, 0.1) is 0 Å². The van der Waals surface area contributed by atoms with Crippen molar-refractivity contribution in [3.63, 3.8) is 0 Å².